The van der Waals surface area contributed by atoms with Crippen molar-refractivity contribution >= 4 is 9.84 Å². The van der Waals surface area contributed by atoms with Crippen molar-refractivity contribution in [1.82, 2.24) is 5.32 Å². The highest BCUT2D eigenvalue weighted by Crippen LogP contribution is 2.22. The van der Waals surface area contributed by atoms with Gasteiger partial charge in [-0.1, -0.05) is 25.7 Å². The predicted octanol–water partition coefficient (Wildman–Crippen LogP) is 2.12. The smallest absolute Gasteiger partial charge is 0.151 e. The Morgan fingerprint density at radius 3 is 2.29 bits per heavy atom. The summed E-state index contributed by atoms with van der Waals surface area (Å²) in [7, 11) is -2.75. The zero-order valence-corrected chi connectivity index (χ0v) is 11.5. The molecule has 0 amide bonds. The van der Waals surface area contributed by atoms with Crippen molar-refractivity contribution in [1.29, 1.82) is 0 Å². The number of nitrogens with one attached hydrogen (secondary N) is 1. The molecule has 0 spiro atoms. The molecule has 1 N–H and O–H groups in total. The average Bonchev–Trinajstić information content (AvgIpc) is 2.53. The minimum atomic E-state index is -2.75. The molecule has 4 heteroatoms. The first-order valence-electron chi connectivity index (χ1n) is 7.09. The van der Waals surface area contributed by atoms with Gasteiger partial charge in [-0.2, -0.15) is 0 Å². The zero-order valence-electron chi connectivity index (χ0n) is 10.7. The van der Waals surface area contributed by atoms with Gasteiger partial charge in [-0.15, -0.1) is 0 Å². The summed E-state index contributed by atoms with van der Waals surface area (Å²) >= 11 is 0. The van der Waals surface area contributed by atoms with Crippen LogP contribution in [0.4, 0.5) is 0 Å². The monoisotopic (exact) mass is 259 g/mol. The second-order valence-electron chi connectivity index (χ2n) is 5.72. The van der Waals surface area contributed by atoms with Crippen LogP contribution in [0.3, 0.4) is 0 Å². The van der Waals surface area contributed by atoms with E-state index in [1.165, 1.54) is 38.5 Å². The van der Waals surface area contributed by atoms with Crippen LogP contribution in [0.2, 0.25) is 0 Å². The fourth-order valence-electron chi connectivity index (χ4n) is 3.09. The van der Waals surface area contributed by atoms with Gasteiger partial charge in [-0.05, 0) is 38.1 Å². The van der Waals surface area contributed by atoms with Crippen LogP contribution >= 0.6 is 0 Å². The molecule has 0 aromatic heterocycles. The lowest BCUT2D eigenvalue weighted by atomic mass is 10.00. The largest absolute Gasteiger partial charge is 0.313 e. The minimum Gasteiger partial charge on any atom is -0.313 e. The third-order valence-electron chi connectivity index (χ3n) is 4.13. The Bertz CT molecular complexity index is 318. The van der Waals surface area contributed by atoms with E-state index in [4.69, 9.17) is 0 Å². The second-order valence-corrected chi connectivity index (χ2v) is 7.95. The van der Waals surface area contributed by atoms with Crippen molar-refractivity contribution in [3.05, 3.63) is 0 Å². The molecule has 0 radical (unpaired) electrons. The van der Waals surface area contributed by atoms with Crippen molar-refractivity contribution in [3.8, 4) is 0 Å². The lowest BCUT2D eigenvalue weighted by Gasteiger charge is -2.25. The quantitative estimate of drug-likeness (QED) is 0.790. The highest BCUT2D eigenvalue weighted by Gasteiger charge is 2.25. The standard InChI is InChI=1S/C13H25NO2S/c15-17(16)9-5-8-13(11-17)14-10-12-6-3-1-2-4-7-12/h12-14H,1-11H2. The van der Waals surface area contributed by atoms with Crippen molar-refractivity contribution < 1.29 is 8.42 Å². The van der Waals surface area contributed by atoms with Crippen LogP contribution in [0.15, 0.2) is 0 Å². The number of sulfone groups is 1. The Labute approximate surface area is 105 Å². The van der Waals surface area contributed by atoms with Crippen molar-refractivity contribution in [2.45, 2.75) is 57.4 Å². The topological polar surface area (TPSA) is 46.2 Å². The molecule has 3 nitrogen and oxygen atoms in total. The number of hydrogen-bond donors (Lipinski definition) is 1. The van der Waals surface area contributed by atoms with E-state index in [9.17, 15) is 8.42 Å². The maximum atomic E-state index is 11.5. The van der Waals surface area contributed by atoms with Crippen LogP contribution < -0.4 is 5.32 Å². The molecule has 0 aromatic rings. The number of hydrogen-bond acceptors (Lipinski definition) is 3. The van der Waals surface area contributed by atoms with E-state index in [0.717, 1.165) is 25.3 Å². The van der Waals surface area contributed by atoms with Gasteiger partial charge in [-0.3, -0.25) is 0 Å². The van der Waals surface area contributed by atoms with Crippen LogP contribution in [0.25, 0.3) is 0 Å². The average molecular weight is 259 g/mol. The third kappa shape index (κ3) is 4.59. The number of rotatable bonds is 3. The summed E-state index contributed by atoms with van der Waals surface area (Å²) in [4.78, 5) is 0. The van der Waals surface area contributed by atoms with Gasteiger partial charge >= 0.3 is 0 Å². The molecule has 1 aliphatic heterocycles. The van der Waals surface area contributed by atoms with Crippen molar-refractivity contribution in [2.75, 3.05) is 18.1 Å². The summed E-state index contributed by atoms with van der Waals surface area (Å²) in [5, 5.41) is 3.50. The zero-order chi connectivity index (χ0) is 12.1. The van der Waals surface area contributed by atoms with Crippen LogP contribution in [-0.4, -0.2) is 32.5 Å². The Balaban J connectivity index is 1.73. The summed E-state index contributed by atoms with van der Waals surface area (Å²) < 4.78 is 23.1. The fourth-order valence-corrected chi connectivity index (χ4v) is 4.76. The minimum absolute atomic E-state index is 0.219. The van der Waals surface area contributed by atoms with Crippen LogP contribution in [0.1, 0.15) is 51.4 Å². The van der Waals surface area contributed by atoms with Gasteiger partial charge in [-0.25, -0.2) is 8.42 Å². The van der Waals surface area contributed by atoms with E-state index in [-0.39, 0.29) is 6.04 Å². The van der Waals surface area contributed by atoms with Crippen molar-refractivity contribution in [3.63, 3.8) is 0 Å². The molecule has 1 atom stereocenters. The highest BCUT2D eigenvalue weighted by atomic mass is 32.2. The molecule has 1 unspecified atom stereocenters. The summed E-state index contributed by atoms with van der Waals surface area (Å²) in [5.74, 6) is 1.54. The summed E-state index contributed by atoms with van der Waals surface area (Å²) in [6, 6.07) is 0.219. The SMILES string of the molecule is O=S1(=O)CCCC(NCC2CCCCCC2)C1. The van der Waals surface area contributed by atoms with Crippen molar-refractivity contribution in [2.24, 2.45) is 5.92 Å². The molecule has 2 rings (SSSR count). The van der Waals surface area contributed by atoms with Crippen LogP contribution in [0, 0.1) is 5.92 Å². The third-order valence-corrected chi connectivity index (χ3v) is 5.95. The van der Waals surface area contributed by atoms with Gasteiger partial charge < -0.3 is 5.32 Å². The molecule has 17 heavy (non-hydrogen) atoms. The van der Waals surface area contributed by atoms with Crippen LogP contribution in [-0.2, 0) is 9.84 Å². The molecule has 0 bridgehead atoms. The Hall–Kier alpha value is -0.0900. The van der Waals surface area contributed by atoms with Gasteiger partial charge in [0.05, 0.1) is 11.5 Å². The molecule has 0 aromatic carbocycles. The maximum absolute atomic E-state index is 11.5. The van der Waals surface area contributed by atoms with Gasteiger partial charge in [0, 0.05) is 6.04 Å². The van der Waals surface area contributed by atoms with E-state index in [0.29, 0.717) is 11.5 Å². The maximum Gasteiger partial charge on any atom is 0.151 e. The molecule has 1 saturated carbocycles. The van der Waals surface area contributed by atoms with Gasteiger partial charge in [0.15, 0.2) is 9.84 Å². The predicted molar refractivity (Wildman–Crippen MR) is 70.9 cm³/mol. The van der Waals surface area contributed by atoms with Gasteiger partial charge in [0.2, 0.25) is 0 Å². The molecular weight excluding hydrogens is 234 g/mol. The summed E-state index contributed by atoms with van der Waals surface area (Å²) in [5.41, 5.74) is 0. The van der Waals surface area contributed by atoms with Crippen LogP contribution in [0.5, 0.6) is 0 Å². The molecule has 1 aliphatic carbocycles. The van der Waals surface area contributed by atoms with Gasteiger partial charge in [0.25, 0.3) is 0 Å². The molecule has 1 heterocycles. The Morgan fingerprint density at radius 2 is 1.65 bits per heavy atom. The van der Waals surface area contributed by atoms with E-state index in [1.807, 2.05) is 0 Å². The van der Waals surface area contributed by atoms with Gasteiger partial charge in [0.1, 0.15) is 0 Å². The lowest BCUT2D eigenvalue weighted by Crippen LogP contribution is -2.42. The second kappa shape index (κ2) is 6.19. The fraction of sp³-hybridized carbons (Fsp3) is 1.00. The first kappa shape index (κ1) is 13.3. The molecule has 2 fully saturated rings. The molecule has 2 aliphatic rings. The Kier molecular flexibility index (Phi) is 4.86. The molecule has 100 valence electrons. The molecular formula is C13H25NO2S. The first-order chi connectivity index (χ1) is 8.16. The summed E-state index contributed by atoms with van der Waals surface area (Å²) in [6.07, 6.45) is 10.0. The summed E-state index contributed by atoms with van der Waals surface area (Å²) in [6.45, 7) is 1.03. The highest BCUT2D eigenvalue weighted by molar-refractivity contribution is 7.91. The van der Waals surface area contributed by atoms with E-state index in [2.05, 4.69) is 5.32 Å². The van der Waals surface area contributed by atoms with E-state index < -0.39 is 9.84 Å². The lowest BCUT2D eigenvalue weighted by molar-refractivity contribution is 0.385. The Morgan fingerprint density at radius 1 is 0.941 bits per heavy atom. The molecule has 1 saturated heterocycles. The first-order valence-corrected chi connectivity index (χ1v) is 8.92. The normalized spacial score (nSPS) is 30.9. The van der Waals surface area contributed by atoms with E-state index in [1.54, 1.807) is 0 Å². The van der Waals surface area contributed by atoms with E-state index >= 15 is 0 Å².